The maximum Gasteiger partial charge on any atom is 0.358 e. The second kappa shape index (κ2) is 6.14. The summed E-state index contributed by atoms with van der Waals surface area (Å²) in [5.74, 6) is -0.831. The third-order valence-corrected chi connectivity index (χ3v) is 2.55. The molecule has 0 fully saturated rings. The van der Waals surface area contributed by atoms with Gasteiger partial charge in [0.05, 0.1) is 11.2 Å². The molecule has 2 aromatic rings. The van der Waals surface area contributed by atoms with E-state index >= 15 is 0 Å². The molecular weight excluding hydrogens is 270 g/mol. The van der Waals surface area contributed by atoms with Gasteiger partial charge >= 0.3 is 5.97 Å². The first-order valence-corrected chi connectivity index (χ1v) is 6.01. The lowest BCUT2D eigenvalue weighted by molar-refractivity contribution is 0.0691. The van der Waals surface area contributed by atoms with Crippen molar-refractivity contribution in [2.75, 3.05) is 11.9 Å². The molecule has 7 nitrogen and oxygen atoms in total. The minimum absolute atomic E-state index is 0.0790. The van der Waals surface area contributed by atoms with Gasteiger partial charge in [0.1, 0.15) is 0 Å². The molecule has 2 N–H and O–H groups in total. The van der Waals surface area contributed by atoms with Crippen LogP contribution in [0.25, 0.3) is 0 Å². The summed E-state index contributed by atoms with van der Waals surface area (Å²) in [5, 5.41) is 16.5. The Morgan fingerprint density at radius 3 is 2.89 bits per heavy atom. The number of aromatic nitrogens is 4. The number of halogens is 1. The SMILES string of the molecule is O=C(O)c1nccnc1NCCCn1cc(Cl)cn1. The highest BCUT2D eigenvalue weighted by Crippen LogP contribution is 2.08. The van der Waals surface area contributed by atoms with Crippen LogP contribution in [0.2, 0.25) is 5.02 Å². The molecule has 0 unspecified atom stereocenters. The Balaban J connectivity index is 1.84. The van der Waals surface area contributed by atoms with Crippen LogP contribution in [0.15, 0.2) is 24.8 Å². The van der Waals surface area contributed by atoms with Crippen LogP contribution in [0.3, 0.4) is 0 Å². The molecule has 0 saturated carbocycles. The summed E-state index contributed by atoms with van der Waals surface area (Å²) >= 11 is 5.74. The molecule has 8 heteroatoms. The zero-order valence-corrected chi connectivity index (χ0v) is 10.7. The van der Waals surface area contributed by atoms with Crippen LogP contribution in [0.4, 0.5) is 5.82 Å². The molecule has 0 spiro atoms. The Bertz CT molecular complexity index is 572. The van der Waals surface area contributed by atoms with Gasteiger partial charge in [0, 0.05) is 31.7 Å². The van der Waals surface area contributed by atoms with Crippen LogP contribution in [0.1, 0.15) is 16.9 Å². The van der Waals surface area contributed by atoms with E-state index in [1.54, 1.807) is 17.1 Å². The first kappa shape index (κ1) is 13.3. The van der Waals surface area contributed by atoms with Gasteiger partial charge in [0.2, 0.25) is 0 Å². The minimum atomic E-state index is -1.10. The number of hydrogen-bond acceptors (Lipinski definition) is 5. The molecule has 0 aliphatic rings. The largest absolute Gasteiger partial charge is 0.476 e. The van der Waals surface area contributed by atoms with Gasteiger partial charge in [-0.3, -0.25) is 4.68 Å². The predicted molar refractivity (Wildman–Crippen MR) is 69.3 cm³/mol. The summed E-state index contributed by atoms with van der Waals surface area (Å²) in [6.45, 7) is 1.25. The second-order valence-electron chi connectivity index (χ2n) is 3.76. The van der Waals surface area contributed by atoms with Crippen LogP contribution in [0, 0.1) is 0 Å². The van der Waals surface area contributed by atoms with Gasteiger partial charge in [-0.2, -0.15) is 5.10 Å². The number of nitrogens with zero attached hydrogens (tertiary/aromatic N) is 4. The van der Waals surface area contributed by atoms with E-state index in [0.717, 1.165) is 6.42 Å². The van der Waals surface area contributed by atoms with Crippen molar-refractivity contribution < 1.29 is 9.90 Å². The summed E-state index contributed by atoms with van der Waals surface area (Å²) in [5.41, 5.74) is -0.0790. The maximum atomic E-state index is 10.9. The molecular formula is C11H12ClN5O2. The van der Waals surface area contributed by atoms with Crippen LogP contribution in [0.5, 0.6) is 0 Å². The monoisotopic (exact) mass is 281 g/mol. The molecule has 0 atom stereocenters. The highest BCUT2D eigenvalue weighted by atomic mass is 35.5. The third kappa shape index (κ3) is 3.65. The van der Waals surface area contributed by atoms with Gasteiger partial charge in [-0.1, -0.05) is 11.6 Å². The van der Waals surface area contributed by atoms with E-state index in [0.29, 0.717) is 18.1 Å². The van der Waals surface area contributed by atoms with Crippen molar-refractivity contribution in [3.05, 3.63) is 35.5 Å². The van der Waals surface area contributed by atoms with Crippen molar-refractivity contribution in [1.29, 1.82) is 0 Å². The standard InChI is InChI=1S/C11H12ClN5O2/c12-8-6-16-17(7-8)5-1-2-14-10-9(11(18)19)13-3-4-15-10/h3-4,6-7H,1-2,5H2,(H,14,15)(H,18,19). The molecule has 0 aliphatic carbocycles. The zero-order valence-electron chi connectivity index (χ0n) is 9.95. The molecule has 0 amide bonds. The van der Waals surface area contributed by atoms with E-state index in [1.165, 1.54) is 12.4 Å². The molecule has 0 saturated heterocycles. The van der Waals surface area contributed by atoms with E-state index in [1.807, 2.05) is 0 Å². The van der Waals surface area contributed by atoms with Gasteiger partial charge in [-0.15, -0.1) is 0 Å². The molecule has 19 heavy (non-hydrogen) atoms. The lowest BCUT2D eigenvalue weighted by Gasteiger charge is -2.07. The fourth-order valence-electron chi connectivity index (χ4n) is 1.53. The Morgan fingerprint density at radius 1 is 1.42 bits per heavy atom. The molecule has 2 rings (SSSR count). The van der Waals surface area contributed by atoms with Crippen molar-refractivity contribution in [2.45, 2.75) is 13.0 Å². The van der Waals surface area contributed by atoms with E-state index in [9.17, 15) is 4.79 Å². The lowest BCUT2D eigenvalue weighted by Crippen LogP contribution is -2.12. The predicted octanol–water partition coefficient (Wildman–Crippen LogP) is 1.53. The number of aromatic carboxylic acids is 1. The van der Waals surface area contributed by atoms with Crippen LogP contribution in [-0.4, -0.2) is 37.4 Å². The Kier molecular flexibility index (Phi) is 4.30. The van der Waals surface area contributed by atoms with Gasteiger partial charge in [0.25, 0.3) is 0 Å². The summed E-state index contributed by atoms with van der Waals surface area (Å²) in [7, 11) is 0. The van der Waals surface area contributed by atoms with E-state index in [-0.39, 0.29) is 11.5 Å². The van der Waals surface area contributed by atoms with Crippen molar-refractivity contribution in [3.63, 3.8) is 0 Å². The highest BCUT2D eigenvalue weighted by Gasteiger charge is 2.11. The number of carbonyl (C=O) groups is 1. The highest BCUT2D eigenvalue weighted by molar-refractivity contribution is 6.30. The molecule has 2 aromatic heterocycles. The molecule has 2 heterocycles. The first-order chi connectivity index (χ1) is 9.16. The Hall–Kier alpha value is -2.15. The van der Waals surface area contributed by atoms with E-state index in [4.69, 9.17) is 16.7 Å². The van der Waals surface area contributed by atoms with Crippen LogP contribution >= 0.6 is 11.6 Å². The second-order valence-corrected chi connectivity index (χ2v) is 4.20. The molecule has 0 aromatic carbocycles. The average Bonchev–Trinajstić information content (AvgIpc) is 2.81. The maximum absolute atomic E-state index is 10.9. The third-order valence-electron chi connectivity index (χ3n) is 2.36. The van der Waals surface area contributed by atoms with Crippen molar-refractivity contribution in [1.82, 2.24) is 19.7 Å². The van der Waals surface area contributed by atoms with Crippen molar-refractivity contribution in [3.8, 4) is 0 Å². The number of hydrogen-bond donors (Lipinski definition) is 2. The average molecular weight is 282 g/mol. The zero-order chi connectivity index (χ0) is 13.7. The number of nitrogens with one attached hydrogen (secondary N) is 1. The fraction of sp³-hybridized carbons (Fsp3) is 0.273. The summed E-state index contributed by atoms with van der Waals surface area (Å²) in [6.07, 6.45) is 6.85. The van der Waals surface area contributed by atoms with Crippen LogP contribution in [-0.2, 0) is 6.54 Å². The summed E-state index contributed by atoms with van der Waals surface area (Å²) in [4.78, 5) is 18.6. The fourth-order valence-corrected chi connectivity index (χ4v) is 1.69. The number of carboxylic acids is 1. The minimum Gasteiger partial charge on any atom is -0.476 e. The van der Waals surface area contributed by atoms with Crippen molar-refractivity contribution in [2.24, 2.45) is 0 Å². The summed E-state index contributed by atoms with van der Waals surface area (Å²) < 4.78 is 1.72. The Labute approximate surface area is 114 Å². The van der Waals surface area contributed by atoms with Gasteiger partial charge in [-0.25, -0.2) is 14.8 Å². The quantitative estimate of drug-likeness (QED) is 0.780. The number of anilines is 1. The number of carboxylic acid groups (broad SMARTS) is 1. The first-order valence-electron chi connectivity index (χ1n) is 5.63. The van der Waals surface area contributed by atoms with Crippen molar-refractivity contribution >= 4 is 23.4 Å². The molecule has 0 bridgehead atoms. The smallest absolute Gasteiger partial charge is 0.358 e. The van der Waals surface area contributed by atoms with Crippen LogP contribution < -0.4 is 5.32 Å². The molecule has 0 radical (unpaired) electrons. The van der Waals surface area contributed by atoms with E-state index < -0.39 is 5.97 Å². The topological polar surface area (TPSA) is 92.9 Å². The summed E-state index contributed by atoms with van der Waals surface area (Å²) in [6, 6.07) is 0. The molecule has 100 valence electrons. The normalized spacial score (nSPS) is 10.4. The molecule has 0 aliphatic heterocycles. The number of aryl methyl sites for hydroxylation is 1. The Morgan fingerprint density at radius 2 is 2.21 bits per heavy atom. The van der Waals surface area contributed by atoms with Gasteiger partial charge in [-0.05, 0) is 6.42 Å². The number of rotatable bonds is 6. The van der Waals surface area contributed by atoms with E-state index in [2.05, 4.69) is 20.4 Å². The van der Waals surface area contributed by atoms with Gasteiger partial charge < -0.3 is 10.4 Å². The van der Waals surface area contributed by atoms with Gasteiger partial charge in [0.15, 0.2) is 11.5 Å². The lowest BCUT2D eigenvalue weighted by atomic mass is 10.3.